The summed E-state index contributed by atoms with van der Waals surface area (Å²) >= 11 is 0. The van der Waals surface area contributed by atoms with Crippen LogP contribution >= 0.6 is 0 Å². The van der Waals surface area contributed by atoms with E-state index in [-0.39, 0.29) is 24.8 Å². The summed E-state index contributed by atoms with van der Waals surface area (Å²) in [5.41, 5.74) is 3.10. The molecular formula is C27H29NO4. The van der Waals surface area contributed by atoms with Gasteiger partial charge >= 0.3 is 6.09 Å². The molecule has 1 saturated heterocycles. The van der Waals surface area contributed by atoms with E-state index in [4.69, 9.17) is 14.2 Å². The first-order valence-corrected chi connectivity index (χ1v) is 11.0. The molecule has 1 fully saturated rings. The first kappa shape index (κ1) is 21.9. The van der Waals surface area contributed by atoms with Crippen molar-refractivity contribution in [3.05, 3.63) is 102 Å². The molecule has 0 unspecified atom stereocenters. The van der Waals surface area contributed by atoms with Crippen LogP contribution in [0.5, 0.6) is 5.75 Å². The van der Waals surface area contributed by atoms with Gasteiger partial charge < -0.3 is 14.2 Å². The molecule has 0 spiro atoms. The van der Waals surface area contributed by atoms with Crippen LogP contribution in [0.2, 0.25) is 0 Å². The molecule has 166 valence electrons. The van der Waals surface area contributed by atoms with Crippen LogP contribution < -0.4 is 4.74 Å². The van der Waals surface area contributed by atoms with E-state index >= 15 is 0 Å². The molecule has 0 N–H and O–H groups in total. The van der Waals surface area contributed by atoms with Gasteiger partial charge in [-0.25, -0.2) is 4.79 Å². The minimum atomic E-state index is -0.317. The van der Waals surface area contributed by atoms with Gasteiger partial charge in [-0.1, -0.05) is 72.8 Å². The first-order chi connectivity index (χ1) is 15.7. The molecule has 1 amide bonds. The van der Waals surface area contributed by atoms with Gasteiger partial charge in [-0.05, 0) is 41.7 Å². The molecule has 0 aromatic heterocycles. The molecule has 2 atom stereocenters. The second-order valence-corrected chi connectivity index (χ2v) is 7.93. The lowest BCUT2D eigenvalue weighted by Crippen LogP contribution is -2.46. The molecule has 4 rings (SSSR count). The highest BCUT2D eigenvalue weighted by molar-refractivity contribution is 5.68. The van der Waals surface area contributed by atoms with E-state index < -0.39 is 0 Å². The highest BCUT2D eigenvalue weighted by atomic mass is 16.6. The van der Waals surface area contributed by atoms with Crippen LogP contribution in [0.4, 0.5) is 4.79 Å². The van der Waals surface area contributed by atoms with Gasteiger partial charge in [-0.3, -0.25) is 4.90 Å². The Kier molecular flexibility index (Phi) is 7.41. The lowest BCUT2D eigenvalue weighted by Gasteiger charge is -2.40. The number of methoxy groups -OCH3 is 1. The van der Waals surface area contributed by atoms with E-state index in [2.05, 4.69) is 12.1 Å². The minimum absolute atomic E-state index is 0.123. The van der Waals surface area contributed by atoms with Crippen LogP contribution in [0.25, 0.3) is 0 Å². The van der Waals surface area contributed by atoms with Crippen molar-refractivity contribution in [3.63, 3.8) is 0 Å². The van der Waals surface area contributed by atoms with Crippen LogP contribution in [0.1, 0.15) is 35.6 Å². The molecule has 5 nitrogen and oxygen atoms in total. The van der Waals surface area contributed by atoms with E-state index in [0.29, 0.717) is 13.2 Å². The zero-order chi connectivity index (χ0) is 22.2. The molecule has 3 aromatic carbocycles. The van der Waals surface area contributed by atoms with Crippen molar-refractivity contribution < 1.29 is 19.0 Å². The molecular weight excluding hydrogens is 402 g/mol. The number of piperidine rings is 1. The number of hydrogen-bond donors (Lipinski definition) is 0. The topological polar surface area (TPSA) is 48.0 Å². The van der Waals surface area contributed by atoms with Crippen molar-refractivity contribution in [1.82, 2.24) is 4.90 Å². The number of amides is 1. The average Bonchev–Trinajstić information content (AvgIpc) is 2.87. The number of carbonyl (C=O) groups is 1. The summed E-state index contributed by atoms with van der Waals surface area (Å²) in [7, 11) is 1.65. The molecule has 0 bridgehead atoms. The first-order valence-electron chi connectivity index (χ1n) is 11.0. The fourth-order valence-electron chi connectivity index (χ4n) is 4.12. The maximum Gasteiger partial charge on any atom is 0.410 e. The Balaban J connectivity index is 1.52. The third kappa shape index (κ3) is 5.48. The fourth-order valence-corrected chi connectivity index (χ4v) is 4.12. The summed E-state index contributed by atoms with van der Waals surface area (Å²) in [5.74, 6) is 0.782. The summed E-state index contributed by atoms with van der Waals surface area (Å²) in [4.78, 5) is 14.9. The Morgan fingerprint density at radius 1 is 0.875 bits per heavy atom. The summed E-state index contributed by atoms with van der Waals surface area (Å²) < 4.78 is 17.4. The predicted octanol–water partition coefficient (Wildman–Crippen LogP) is 5.75. The van der Waals surface area contributed by atoms with Gasteiger partial charge in [0.2, 0.25) is 0 Å². The Labute approximate surface area is 189 Å². The fraction of sp³-hybridized carbons (Fsp3) is 0.296. The summed E-state index contributed by atoms with van der Waals surface area (Å²) in [6.45, 7) is 1.39. The summed E-state index contributed by atoms with van der Waals surface area (Å²) in [6.07, 6.45) is 1.31. The van der Waals surface area contributed by atoms with Gasteiger partial charge in [0.15, 0.2) is 0 Å². The van der Waals surface area contributed by atoms with Crippen molar-refractivity contribution in [2.75, 3.05) is 13.7 Å². The normalized spacial score (nSPS) is 18.2. The Morgan fingerprint density at radius 2 is 1.50 bits per heavy atom. The van der Waals surface area contributed by atoms with Gasteiger partial charge in [0.1, 0.15) is 12.4 Å². The number of carbonyl (C=O) groups excluding carboxylic acids is 1. The van der Waals surface area contributed by atoms with Crippen molar-refractivity contribution >= 4 is 6.09 Å². The molecule has 5 heteroatoms. The maximum atomic E-state index is 13.1. The Morgan fingerprint density at radius 3 is 2.12 bits per heavy atom. The number of ether oxygens (including phenoxy) is 3. The maximum absolute atomic E-state index is 13.1. The monoisotopic (exact) mass is 431 g/mol. The Hall–Kier alpha value is -3.31. The van der Waals surface area contributed by atoms with E-state index in [0.717, 1.165) is 35.3 Å². The summed E-state index contributed by atoms with van der Waals surface area (Å²) in [6, 6.07) is 27.5. The van der Waals surface area contributed by atoms with Gasteiger partial charge in [0.05, 0.1) is 25.9 Å². The molecule has 0 aliphatic carbocycles. The second kappa shape index (κ2) is 10.8. The van der Waals surface area contributed by atoms with E-state index in [1.807, 2.05) is 77.7 Å². The summed E-state index contributed by atoms with van der Waals surface area (Å²) in [5, 5.41) is 0. The third-order valence-corrected chi connectivity index (χ3v) is 5.78. The van der Waals surface area contributed by atoms with Gasteiger partial charge in [-0.2, -0.15) is 0 Å². The van der Waals surface area contributed by atoms with Crippen LogP contribution in [-0.4, -0.2) is 30.8 Å². The van der Waals surface area contributed by atoms with Crippen LogP contribution in [0.15, 0.2) is 84.9 Å². The second-order valence-electron chi connectivity index (χ2n) is 7.93. The highest BCUT2D eigenvalue weighted by Crippen LogP contribution is 2.35. The van der Waals surface area contributed by atoms with Crippen molar-refractivity contribution in [1.29, 1.82) is 0 Å². The van der Waals surface area contributed by atoms with E-state index in [1.165, 1.54) is 0 Å². The van der Waals surface area contributed by atoms with Crippen molar-refractivity contribution in [2.45, 2.75) is 38.2 Å². The third-order valence-electron chi connectivity index (χ3n) is 5.78. The highest BCUT2D eigenvalue weighted by Gasteiger charge is 2.37. The molecule has 32 heavy (non-hydrogen) atoms. The quantitative estimate of drug-likeness (QED) is 0.478. The SMILES string of the molecule is COc1ccc([C@H]2[C@@H](OCc3ccccc3)CCCN2C(=O)OCc2ccccc2)cc1. The molecule has 3 aromatic rings. The number of likely N-dealkylation sites (tertiary alicyclic amines) is 1. The lowest BCUT2D eigenvalue weighted by molar-refractivity contribution is -0.0500. The molecule has 0 saturated carbocycles. The van der Waals surface area contributed by atoms with Crippen LogP contribution in [0, 0.1) is 0 Å². The van der Waals surface area contributed by atoms with Crippen LogP contribution in [-0.2, 0) is 22.7 Å². The largest absolute Gasteiger partial charge is 0.497 e. The number of hydrogen-bond acceptors (Lipinski definition) is 4. The number of nitrogens with zero attached hydrogens (tertiary/aromatic N) is 1. The van der Waals surface area contributed by atoms with E-state index in [1.54, 1.807) is 7.11 Å². The van der Waals surface area contributed by atoms with Crippen molar-refractivity contribution in [2.24, 2.45) is 0 Å². The van der Waals surface area contributed by atoms with E-state index in [9.17, 15) is 4.79 Å². The minimum Gasteiger partial charge on any atom is -0.497 e. The number of rotatable bonds is 7. The standard InChI is InChI=1S/C27H29NO4/c1-30-24-16-14-23(15-17-24)26-25(31-19-21-9-4-2-5-10-21)13-8-18-28(26)27(29)32-20-22-11-6-3-7-12-22/h2-7,9-12,14-17,25-26H,8,13,18-20H2,1H3/t25-,26-/m0/s1. The molecule has 0 radical (unpaired) electrons. The Bertz CT molecular complexity index is 976. The molecule has 1 aliphatic heterocycles. The van der Waals surface area contributed by atoms with Crippen LogP contribution in [0.3, 0.4) is 0 Å². The number of benzene rings is 3. The zero-order valence-electron chi connectivity index (χ0n) is 18.4. The van der Waals surface area contributed by atoms with Gasteiger partial charge in [-0.15, -0.1) is 0 Å². The lowest BCUT2D eigenvalue weighted by atomic mass is 9.92. The van der Waals surface area contributed by atoms with Gasteiger partial charge in [0.25, 0.3) is 0 Å². The zero-order valence-corrected chi connectivity index (χ0v) is 18.4. The van der Waals surface area contributed by atoms with Gasteiger partial charge in [0, 0.05) is 6.54 Å². The predicted molar refractivity (Wildman–Crippen MR) is 123 cm³/mol. The smallest absolute Gasteiger partial charge is 0.410 e. The van der Waals surface area contributed by atoms with Crippen molar-refractivity contribution in [3.8, 4) is 5.75 Å². The molecule has 1 heterocycles. The average molecular weight is 432 g/mol. The molecule has 1 aliphatic rings.